The molecule has 0 saturated carbocycles. The van der Waals surface area contributed by atoms with E-state index < -0.39 is 25.0 Å². The van der Waals surface area contributed by atoms with Gasteiger partial charge in [-0.3, -0.25) is 9.59 Å². The number of amides is 2. The van der Waals surface area contributed by atoms with E-state index in [1.54, 1.807) is 0 Å². The second-order valence-corrected chi connectivity index (χ2v) is 3.26. The van der Waals surface area contributed by atoms with Gasteiger partial charge in [-0.1, -0.05) is 0 Å². The molecule has 0 unspecified atom stereocenters. The number of benzene rings is 1. The van der Waals surface area contributed by atoms with Crippen molar-refractivity contribution in [2.24, 2.45) is 0 Å². The first kappa shape index (κ1) is 12.9. The normalized spacial score (nSPS) is 9.76. The maximum Gasteiger partial charge on any atom is 0.250 e. The van der Waals surface area contributed by atoms with Crippen LogP contribution < -0.4 is 16.4 Å². The molecular formula is C10H13N3O4. The van der Waals surface area contributed by atoms with E-state index in [1.807, 2.05) is 0 Å². The number of hydrogen-bond donors (Lipinski definition) is 5. The largest absolute Gasteiger partial charge is 0.399 e. The zero-order chi connectivity index (χ0) is 12.8. The van der Waals surface area contributed by atoms with Crippen molar-refractivity contribution in [2.75, 3.05) is 29.6 Å². The van der Waals surface area contributed by atoms with E-state index in [0.29, 0.717) is 17.1 Å². The standard InChI is InChI=1S/C10H13N3O4/c11-6-1-7(12-9(16)4-14)3-8(2-6)13-10(17)5-15/h1-3,14-15H,4-5,11H2,(H,12,16)(H,13,17). The summed E-state index contributed by atoms with van der Waals surface area (Å²) >= 11 is 0. The lowest BCUT2D eigenvalue weighted by atomic mass is 10.2. The van der Waals surface area contributed by atoms with E-state index in [4.69, 9.17) is 15.9 Å². The maximum absolute atomic E-state index is 11.0. The predicted octanol–water partition coefficient (Wildman–Crippen LogP) is -0.870. The molecule has 1 aromatic rings. The Kier molecular flexibility index (Phi) is 4.44. The zero-order valence-corrected chi connectivity index (χ0v) is 8.93. The van der Waals surface area contributed by atoms with Gasteiger partial charge < -0.3 is 26.6 Å². The quantitative estimate of drug-likeness (QED) is 0.437. The van der Waals surface area contributed by atoms with E-state index in [-0.39, 0.29) is 0 Å². The van der Waals surface area contributed by atoms with Crippen LogP contribution >= 0.6 is 0 Å². The average Bonchev–Trinajstić information content (AvgIpc) is 2.27. The molecule has 17 heavy (non-hydrogen) atoms. The van der Waals surface area contributed by atoms with Crippen molar-refractivity contribution in [3.05, 3.63) is 18.2 Å². The highest BCUT2D eigenvalue weighted by molar-refractivity contribution is 5.95. The van der Waals surface area contributed by atoms with Crippen LogP contribution in [0.5, 0.6) is 0 Å². The van der Waals surface area contributed by atoms with Gasteiger partial charge in [-0.25, -0.2) is 0 Å². The highest BCUT2D eigenvalue weighted by Gasteiger charge is 2.05. The molecule has 0 aliphatic carbocycles. The number of nitrogens with two attached hydrogens (primary N) is 1. The first-order chi connectivity index (χ1) is 8.05. The summed E-state index contributed by atoms with van der Waals surface area (Å²) in [6.07, 6.45) is 0. The van der Waals surface area contributed by atoms with Crippen LogP contribution in [0.15, 0.2) is 18.2 Å². The second-order valence-electron chi connectivity index (χ2n) is 3.26. The number of anilines is 3. The average molecular weight is 239 g/mol. The minimum absolute atomic E-state index is 0.328. The van der Waals surface area contributed by atoms with Gasteiger partial charge in [0.25, 0.3) is 0 Å². The molecule has 1 aromatic carbocycles. The van der Waals surface area contributed by atoms with Gasteiger partial charge in [0.15, 0.2) is 0 Å². The molecule has 0 bridgehead atoms. The predicted molar refractivity (Wildman–Crippen MR) is 62.3 cm³/mol. The third-order valence-corrected chi connectivity index (χ3v) is 1.81. The number of carbonyl (C=O) groups is 2. The summed E-state index contributed by atoms with van der Waals surface area (Å²) < 4.78 is 0. The third-order valence-electron chi connectivity index (χ3n) is 1.81. The topological polar surface area (TPSA) is 125 Å². The molecule has 0 saturated heterocycles. The number of hydrogen-bond acceptors (Lipinski definition) is 5. The SMILES string of the molecule is Nc1cc(NC(=O)CO)cc(NC(=O)CO)c1. The Hall–Kier alpha value is -2.12. The van der Waals surface area contributed by atoms with Crippen molar-refractivity contribution in [3.8, 4) is 0 Å². The van der Waals surface area contributed by atoms with Gasteiger partial charge in [-0.05, 0) is 18.2 Å². The van der Waals surface area contributed by atoms with Gasteiger partial charge in [0.1, 0.15) is 13.2 Å². The van der Waals surface area contributed by atoms with Gasteiger partial charge in [0.2, 0.25) is 11.8 Å². The molecule has 2 amide bonds. The third kappa shape index (κ3) is 4.09. The number of nitrogen functional groups attached to an aromatic ring is 1. The second kappa shape index (κ2) is 5.83. The Balaban J connectivity index is 2.86. The van der Waals surface area contributed by atoms with Crippen LogP contribution in [-0.2, 0) is 9.59 Å². The molecule has 0 aromatic heterocycles. The maximum atomic E-state index is 11.0. The molecule has 0 radical (unpaired) electrons. The van der Waals surface area contributed by atoms with Crippen LogP contribution in [0.4, 0.5) is 17.1 Å². The molecule has 7 nitrogen and oxygen atoms in total. The van der Waals surface area contributed by atoms with Crippen molar-refractivity contribution in [1.82, 2.24) is 0 Å². The number of aliphatic hydroxyl groups is 2. The number of aliphatic hydroxyl groups excluding tert-OH is 2. The van der Waals surface area contributed by atoms with Crippen LogP contribution in [-0.4, -0.2) is 35.2 Å². The van der Waals surface area contributed by atoms with Crippen molar-refractivity contribution in [3.63, 3.8) is 0 Å². The molecular weight excluding hydrogens is 226 g/mol. The molecule has 6 N–H and O–H groups in total. The summed E-state index contributed by atoms with van der Waals surface area (Å²) in [6.45, 7) is -1.29. The Morgan fingerprint density at radius 3 is 1.76 bits per heavy atom. The summed E-state index contributed by atoms with van der Waals surface area (Å²) in [6, 6.07) is 4.40. The Labute approximate surface area is 97.2 Å². The van der Waals surface area contributed by atoms with Crippen LogP contribution in [0.2, 0.25) is 0 Å². The Morgan fingerprint density at radius 2 is 1.41 bits per heavy atom. The number of carbonyl (C=O) groups excluding carboxylic acids is 2. The van der Waals surface area contributed by atoms with Crippen molar-refractivity contribution < 1.29 is 19.8 Å². The number of nitrogens with one attached hydrogen (secondary N) is 2. The van der Waals surface area contributed by atoms with Crippen LogP contribution in [0.3, 0.4) is 0 Å². The lowest BCUT2D eigenvalue weighted by Gasteiger charge is -2.09. The van der Waals surface area contributed by atoms with Crippen molar-refractivity contribution >= 4 is 28.9 Å². The molecule has 0 aliphatic rings. The smallest absolute Gasteiger partial charge is 0.250 e. The zero-order valence-electron chi connectivity index (χ0n) is 8.93. The van der Waals surface area contributed by atoms with Crippen LogP contribution in [0, 0.1) is 0 Å². The summed E-state index contributed by atoms with van der Waals surface area (Å²) in [7, 11) is 0. The van der Waals surface area contributed by atoms with E-state index >= 15 is 0 Å². The molecule has 92 valence electrons. The van der Waals surface area contributed by atoms with E-state index in [2.05, 4.69) is 10.6 Å². The molecule has 0 aliphatic heterocycles. The van der Waals surface area contributed by atoms with Crippen molar-refractivity contribution in [1.29, 1.82) is 0 Å². The first-order valence-corrected chi connectivity index (χ1v) is 4.77. The van der Waals surface area contributed by atoms with Gasteiger partial charge >= 0.3 is 0 Å². The molecule has 0 heterocycles. The molecule has 7 heteroatoms. The lowest BCUT2D eigenvalue weighted by molar-refractivity contribution is -0.119. The highest BCUT2D eigenvalue weighted by atomic mass is 16.3. The molecule has 1 rings (SSSR count). The fraction of sp³-hybridized carbons (Fsp3) is 0.200. The van der Waals surface area contributed by atoms with Gasteiger partial charge in [-0.2, -0.15) is 0 Å². The summed E-state index contributed by atoms with van der Waals surface area (Å²) in [4.78, 5) is 21.9. The minimum Gasteiger partial charge on any atom is -0.399 e. The monoisotopic (exact) mass is 239 g/mol. The fourth-order valence-corrected chi connectivity index (χ4v) is 1.20. The minimum atomic E-state index is -0.646. The molecule has 0 spiro atoms. The van der Waals surface area contributed by atoms with Crippen LogP contribution in [0.25, 0.3) is 0 Å². The van der Waals surface area contributed by atoms with E-state index in [1.165, 1.54) is 18.2 Å². The Bertz CT molecular complexity index is 397. The highest BCUT2D eigenvalue weighted by Crippen LogP contribution is 2.20. The van der Waals surface area contributed by atoms with Crippen molar-refractivity contribution in [2.45, 2.75) is 0 Å². The lowest BCUT2D eigenvalue weighted by Crippen LogP contribution is -2.17. The van der Waals surface area contributed by atoms with E-state index in [0.717, 1.165) is 0 Å². The van der Waals surface area contributed by atoms with Gasteiger partial charge in [0, 0.05) is 17.1 Å². The van der Waals surface area contributed by atoms with Crippen LogP contribution in [0.1, 0.15) is 0 Å². The Morgan fingerprint density at radius 1 is 1.00 bits per heavy atom. The van der Waals surface area contributed by atoms with Gasteiger partial charge in [0.05, 0.1) is 0 Å². The number of rotatable bonds is 4. The summed E-state index contributed by atoms with van der Waals surface area (Å²) in [5.74, 6) is -1.18. The summed E-state index contributed by atoms with van der Waals surface area (Å²) in [5.41, 5.74) is 6.58. The summed E-state index contributed by atoms with van der Waals surface area (Å²) in [5, 5.41) is 21.9. The fourth-order valence-electron chi connectivity index (χ4n) is 1.20. The van der Waals surface area contributed by atoms with Gasteiger partial charge in [-0.15, -0.1) is 0 Å². The first-order valence-electron chi connectivity index (χ1n) is 4.77. The molecule has 0 fully saturated rings. The molecule has 0 atom stereocenters. The van der Waals surface area contributed by atoms with E-state index in [9.17, 15) is 9.59 Å².